The molecule has 0 aromatic heterocycles. The molecule has 5 heteroatoms. The first-order chi connectivity index (χ1) is 11.2. The molecule has 2 aromatic rings. The van der Waals surface area contributed by atoms with Gasteiger partial charge in [0.1, 0.15) is 0 Å². The zero-order valence-electron chi connectivity index (χ0n) is 13.8. The Hall–Kier alpha value is -2.17. The van der Waals surface area contributed by atoms with E-state index in [0.29, 0.717) is 21.8 Å². The first-order valence-corrected chi connectivity index (χ1v) is 8.03. The predicted molar refractivity (Wildman–Crippen MR) is 93.6 cm³/mol. The zero-order chi connectivity index (χ0) is 17.6. The molecule has 0 fully saturated rings. The summed E-state index contributed by atoms with van der Waals surface area (Å²) in [5.74, 6) is -0.789. The quantitative estimate of drug-likeness (QED) is 0.869. The Morgan fingerprint density at radius 1 is 1.21 bits per heavy atom. The zero-order valence-corrected chi connectivity index (χ0v) is 14.5. The second-order valence-corrected chi connectivity index (χ2v) is 6.74. The third kappa shape index (κ3) is 2.52. The van der Waals surface area contributed by atoms with Crippen molar-refractivity contribution >= 4 is 29.0 Å². The molecule has 1 aliphatic heterocycles. The minimum atomic E-state index is -1.89. The number of hydrogen-bond donors (Lipinski definition) is 1. The van der Waals surface area contributed by atoms with Gasteiger partial charge in [-0.25, -0.2) is 0 Å². The molecule has 0 unspecified atom stereocenters. The van der Waals surface area contributed by atoms with Crippen molar-refractivity contribution in [1.82, 2.24) is 0 Å². The van der Waals surface area contributed by atoms with Crippen molar-refractivity contribution in [3.63, 3.8) is 0 Å². The van der Waals surface area contributed by atoms with E-state index >= 15 is 0 Å². The monoisotopic (exact) mass is 343 g/mol. The molecule has 3 rings (SSSR count). The first-order valence-electron chi connectivity index (χ1n) is 7.65. The van der Waals surface area contributed by atoms with E-state index in [2.05, 4.69) is 0 Å². The maximum absolute atomic E-state index is 12.7. The van der Waals surface area contributed by atoms with E-state index in [-0.39, 0.29) is 12.2 Å². The number of rotatable bonds is 3. The number of likely N-dealkylation sites (N-methyl/N-ethyl adjacent to an activating group) is 1. The first kappa shape index (κ1) is 16.7. The average Bonchev–Trinajstić information content (AvgIpc) is 2.69. The number of anilines is 1. The molecule has 2 aromatic carbocycles. The predicted octanol–water partition coefficient (Wildman–Crippen LogP) is 3.39. The summed E-state index contributed by atoms with van der Waals surface area (Å²) in [5, 5.41) is 11.4. The summed E-state index contributed by atoms with van der Waals surface area (Å²) in [5.41, 5.74) is 1.45. The molecular weight excluding hydrogens is 326 g/mol. The molecule has 4 nitrogen and oxygen atoms in total. The van der Waals surface area contributed by atoms with Crippen LogP contribution in [0.15, 0.2) is 36.4 Å². The number of benzene rings is 2. The fourth-order valence-electron chi connectivity index (χ4n) is 3.26. The van der Waals surface area contributed by atoms with Crippen LogP contribution in [0.4, 0.5) is 5.69 Å². The Bertz CT molecular complexity index is 862. The standard InChI is InChI=1S/C19H18ClNO3/c1-11-4-6-14(12(2)8-11)17(22)10-19(24)15-9-13(20)5-7-16(15)21(3)18(19)23/h4-9,24H,10H2,1-3H3/t19-/m1/s1. The van der Waals surface area contributed by atoms with Crippen LogP contribution >= 0.6 is 11.6 Å². The average molecular weight is 344 g/mol. The van der Waals surface area contributed by atoms with Gasteiger partial charge in [-0.15, -0.1) is 0 Å². The van der Waals surface area contributed by atoms with Gasteiger partial charge in [-0.3, -0.25) is 9.59 Å². The van der Waals surface area contributed by atoms with Gasteiger partial charge in [-0.2, -0.15) is 0 Å². The lowest BCUT2D eigenvalue weighted by Gasteiger charge is -2.21. The number of aliphatic hydroxyl groups is 1. The molecule has 1 N–H and O–H groups in total. The number of ketones is 1. The highest BCUT2D eigenvalue weighted by Gasteiger charge is 2.49. The SMILES string of the molecule is Cc1ccc(C(=O)C[C@]2(O)C(=O)N(C)c3ccc(Cl)cc32)c(C)c1. The minimum Gasteiger partial charge on any atom is -0.375 e. The molecule has 1 heterocycles. The topological polar surface area (TPSA) is 57.6 Å². The Labute approximate surface area is 145 Å². The molecule has 0 aliphatic carbocycles. The molecule has 24 heavy (non-hydrogen) atoms. The van der Waals surface area contributed by atoms with Gasteiger partial charge in [0.2, 0.25) is 0 Å². The van der Waals surface area contributed by atoms with Crippen LogP contribution in [0.1, 0.15) is 33.5 Å². The highest BCUT2D eigenvalue weighted by molar-refractivity contribution is 6.31. The van der Waals surface area contributed by atoms with Gasteiger partial charge in [0.05, 0.1) is 12.1 Å². The highest BCUT2D eigenvalue weighted by atomic mass is 35.5. The lowest BCUT2D eigenvalue weighted by Crippen LogP contribution is -2.40. The Morgan fingerprint density at radius 2 is 1.92 bits per heavy atom. The smallest absolute Gasteiger partial charge is 0.263 e. The second-order valence-electron chi connectivity index (χ2n) is 6.30. The van der Waals surface area contributed by atoms with Gasteiger partial charge in [0, 0.05) is 23.2 Å². The van der Waals surface area contributed by atoms with Crippen LogP contribution in [0.25, 0.3) is 0 Å². The molecular formula is C19H18ClNO3. The van der Waals surface area contributed by atoms with Crippen LogP contribution in [0.2, 0.25) is 5.02 Å². The normalized spacial score (nSPS) is 19.5. The molecule has 1 aliphatic rings. The molecule has 0 saturated carbocycles. The summed E-state index contributed by atoms with van der Waals surface area (Å²) in [7, 11) is 1.58. The minimum absolute atomic E-state index is 0.274. The third-order valence-electron chi connectivity index (χ3n) is 4.52. The van der Waals surface area contributed by atoms with Gasteiger partial charge in [0.25, 0.3) is 5.91 Å². The number of Topliss-reactive ketones (excluding diaryl/α,β-unsaturated/α-hetero) is 1. The van der Waals surface area contributed by atoms with Crippen molar-refractivity contribution < 1.29 is 14.7 Å². The summed E-state index contributed by atoms with van der Waals surface area (Å²) in [4.78, 5) is 26.7. The van der Waals surface area contributed by atoms with Gasteiger partial charge >= 0.3 is 0 Å². The van der Waals surface area contributed by atoms with Gasteiger partial charge in [-0.1, -0.05) is 35.4 Å². The fourth-order valence-corrected chi connectivity index (χ4v) is 3.43. The summed E-state index contributed by atoms with van der Waals surface area (Å²) in [6, 6.07) is 10.4. The van der Waals surface area contributed by atoms with Crippen LogP contribution in [0.5, 0.6) is 0 Å². The van der Waals surface area contributed by atoms with Crippen LogP contribution in [0, 0.1) is 13.8 Å². The molecule has 1 atom stereocenters. The number of carbonyl (C=O) groups excluding carboxylic acids is 2. The van der Waals surface area contributed by atoms with Crippen molar-refractivity contribution in [2.75, 3.05) is 11.9 Å². The van der Waals surface area contributed by atoms with Crippen LogP contribution in [-0.4, -0.2) is 23.8 Å². The van der Waals surface area contributed by atoms with E-state index in [0.717, 1.165) is 11.1 Å². The van der Waals surface area contributed by atoms with Crippen LogP contribution in [-0.2, 0) is 10.4 Å². The van der Waals surface area contributed by atoms with Crippen molar-refractivity contribution in [1.29, 1.82) is 0 Å². The molecule has 0 saturated heterocycles. The fraction of sp³-hybridized carbons (Fsp3) is 0.263. The number of halogens is 1. The van der Waals surface area contributed by atoms with E-state index in [9.17, 15) is 14.7 Å². The third-order valence-corrected chi connectivity index (χ3v) is 4.76. The van der Waals surface area contributed by atoms with E-state index in [1.54, 1.807) is 31.3 Å². The number of aryl methyl sites for hydroxylation is 2. The Morgan fingerprint density at radius 3 is 2.58 bits per heavy atom. The number of amides is 1. The maximum Gasteiger partial charge on any atom is 0.263 e. The lowest BCUT2D eigenvalue weighted by molar-refractivity contribution is -0.135. The summed E-state index contributed by atoms with van der Waals surface area (Å²) in [6.45, 7) is 3.79. The van der Waals surface area contributed by atoms with E-state index in [1.165, 1.54) is 4.90 Å². The molecule has 0 bridgehead atoms. The van der Waals surface area contributed by atoms with E-state index in [1.807, 2.05) is 26.0 Å². The highest BCUT2D eigenvalue weighted by Crippen LogP contribution is 2.43. The van der Waals surface area contributed by atoms with Gasteiger partial charge < -0.3 is 10.0 Å². The largest absolute Gasteiger partial charge is 0.375 e. The number of nitrogens with zero attached hydrogens (tertiary/aromatic N) is 1. The molecule has 1 amide bonds. The van der Waals surface area contributed by atoms with Crippen molar-refractivity contribution in [2.45, 2.75) is 25.9 Å². The van der Waals surface area contributed by atoms with Crippen molar-refractivity contribution in [3.8, 4) is 0 Å². The Balaban J connectivity index is 2.01. The summed E-state index contributed by atoms with van der Waals surface area (Å²) in [6.07, 6.45) is -0.312. The van der Waals surface area contributed by atoms with Crippen LogP contribution in [0.3, 0.4) is 0 Å². The summed E-state index contributed by atoms with van der Waals surface area (Å²) < 4.78 is 0. The molecule has 124 valence electrons. The van der Waals surface area contributed by atoms with Crippen molar-refractivity contribution in [3.05, 3.63) is 63.7 Å². The Kier molecular flexibility index (Phi) is 3.98. The number of fused-ring (bicyclic) bond motifs is 1. The van der Waals surface area contributed by atoms with Gasteiger partial charge in [0.15, 0.2) is 11.4 Å². The van der Waals surface area contributed by atoms with E-state index < -0.39 is 11.5 Å². The lowest BCUT2D eigenvalue weighted by atomic mass is 9.87. The second kappa shape index (κ2) is 5.72. The molecule has 0 spiro atoms. The maximum atomic E-state index is 12.7. The van der Waals surface area contributed by atoms with Crippen molar-refractivity contribution in [2.24, 2.45) is 0 Å². The molecule has 0 radical (unpaired) electrons. The van der Waals surface area contributed by atoms with E-state index in [4.69, 9.17) is 11.6 Å². The van der Waals surface area contributed by atoms with Crippen LogP contribution < -0.4 is 4.90 Å². The number of carbonyl (C=O) groups is 2. The van der Waals surface area contributed by atoms with Gasteiger partial charge in [-0.05, 0) is 37.6 Å². The summed E-state index contributed by atoms with van der Waals surface area (Å²) >= 11 is 6.02. The number of hydrogen-bond acceptors (Lipinski definition) is 3.